The van der Waals surface area contributed by atoms with Gasteiger partial charge in [-0.3, -0.25) is 10.1 Å². The van der Waals surface area contributed by atoms with E-state index in [1.807, 2.05) is 0 Å². The lowest BCUT2D eigenvalue weighted by molar-refractivity contribution is -0.385. The molecule has 86 valence electrons. The molecular formula is C10H11NO5. The number of nitrogens with zero attached hydrogens (tertiary/aromatic N) is 1. The Kier molecular flexibility index (Phi) is 3.96. The number of para-hydroxylation sites is 1. The second-order valence-corrected chi connectivity index (χ2v) is 3.13. The van der Waals surface area contributed by atoms with Gasteiger partial charge in [-0.25, -0.2) is 4.79 Å². The maximum absolute atomic E-state index is 11.0. The van der Waals surface area contributed by atoms with Gasteiger partial charge in [0, 0.05) is 18.1 Å². The summed E-state index contributed by atoms with van der Waals surface area (Å²) in [5, 5.41) is 20.0. The number of nitro groups is 1. The van der Waals surface area contributed by atoms with Gasteiger partial charge in [0.1, 0.15) is 0 Å². The summed E-state index contributed by atoms with van der Waals surface area (Å²) >= 11 is 0. The van der Waals surface area contributed by atoms with Gasteiger partial charge in [0.05, 0.1) is 12.0 Å². The second-order valence-electron chi connectivity index (χ2n) is 3.13. The van der Waals surface area contributed by atoms with E-state index < -0.39 is 17.0 Å². The molecule has 1 unspecified atom stereocenters. The molecule has 1 aromatic carbocycles. The number of esters is 1. The molecule has 0 aliphatic heterocycles. The predicted molar refractivity (Wildman–Crippen MR) is 54.8 cm³/mol. The number of methoxy groups -OCH3 is 1. The van der Waals surface area contributed by atoms with Crippen LogP contribution in [0.15, 0.2) is 24.3 Å². The van der Waals surface area contributed by atoms with Gasteiger partial charge in [0.2, 0.25) is 0 Å². The zero-order chi connectivity index (χ0) is 12.1. The zero-order valence-electron chi connectivity index (χ0n) is 8.62. The maximum atomic E-state index is 11.0. The van der Waals surface area contributed by atoms with Crippen LogP contribution in [0.5, 0.6) is 0 Å². The molecule has 0 fully saturated rings. The number of hydrogen-bond donors (Lipinski definition) is 1. The van der Waals surface area contributed by atoms with E-state index in [9.17, 15) is 20.0 Å². The normalized spacial score (nSPS) is 11.9. The highest BCUT2D eigenvalue weighted by Gasteiger charge is 2.21. The van der Waals surface area contributed by atoms with Gasteiger partial charge in [-0.1, -0.05) is 18.2 Å². The molecule has 0 heterocycles. The second kappa shape index (κ2) is 5.22. The largest absolute Gasteiger partial charge is 0.467 e. The van der Waals surface area contributed by atoms with E-state index in [2.05, 4.69) is 4.74 Å². The van der Waals surface area contributed by atoms with E-state index in [0.29, 0.717) is 5.56 Å². The first kappa shape index (κ1) is 12.1. The van der Waals surface area contributed by atoms with Crippen LogP contribution in [0.4, 0.5) is 5.69 Å². The Labute approximate surface area is 91.6 Å². The lowest BCUT2D eigenvalue weighted by Gasteiger charge is -2.08. The van der Waals surface area contributed by atoms with Crippen LogP contribution < -0.4 is 0 Å². The summed E-state index contributed by atoms with van der Waals surface area (Å²) in [7, 11) is 1.14. The molecule has 0 aliphatic carbocycles. The number of nitro benzene ring substituents is 1. The Hall–Kier alpha value is -1.95. The van der Waals surface area contributed by atoms with Crippen molar-refractivity contribution in [2.75, 3.05) is 7.11 Å². The summed E-state index contributed by atoms with van der Waals surface area (Å²) in [6.07, 6.45) is -1.52. The standard InChI is InChI=1S/C10H11NO5/c1-16-10(13)9(12)6-7-4-2-3-5-8(7)11(14)15/h2-5,9,12H,6H2,1H3. The van der Waals surface area contributed by atoms with E-state index in [1.165, 1.54) is 18.2 Å². The molecule has 1 aromatic rings. The molecule has 1 N–H and O–H groups in total. The molecule has 1 rings (SSSR count). The Morgan fingerprint density at radius 2 is 2.19 bits per heavy atom. The number of benzene rings is 1. The monoisotopic (exact) mass is 225 g/mol. The lowest BCUT2D eigenvalue weighted by Crippen LogP contribution is -2.24. The topological polar surface area (TPSA) is 89.7 Å². The number of aliphatic hydroxyl groups is 1. The molecule has 0 aliphatic rings. The highest BCUT2D eigenvalue weighted by atomic mass is 16.6. The van der Waals surface area contributed by atoms with Gasteiger partial charge in [0.15, 0.2) is 6.10 Å². The van der Waals surface area contributed by atoms with Crippen molar-refractivity contribution in [1.82, 2.24) is 0 Å². The molecule has 0 spiro atoms. The van der Waals surface area contributed by atoms with Crippen LogP contribution in [0.3, 0.4) is 0 Å². The average Bonchev–Trinajstić information content (AvgIpc) is 2.28. The van der Waals surface area contributed by atoms with Gasteiger partial charge in [-0.2, -0.15) is 0 Å². The summed E-state index contributed by atoms with van der Waals surface area (Å²) in [4.78, 5) is 21.0. The van der Waals surface area contributed by atoms with Crippen LogP contribution in [-0.4, -0.2) is 29.2 Å². The third kappa shape index (κ3) is 2.77. The number of ether oxygens (including phenoxy) is 1. The Bertz CT molecular complexity index is 404. The Morgan fingerprint density at radius 1 is 1.56 bits per heavy atom. The first-order chi connectivity index (χ1) is 7.56. The minimum Gasteiger partial charge on any atom is -0.467 e. The summed E-state index contributed by atoms with van der Waals surface area (Å²) in [5.74, 6) is -0.807. The molecule has 16 heavy (non-hydrogen) atoms. The van der Waals surface area contributed by atoms with E-state index in [-0.39, 0.29) is 12.1 Å². The van der Waals surface area contributed by atoms with Crippen molar-refractivity contribution in [3.05, 3.63) is 39.9 Å². The van der Waals surface area contributed by atoms with Gasteiger partial charge >= 0.3 is 5.97 Å². The minimum absolute atomic E-state index is 0.120. The number of rotatable bonds is 4. The first-order valence-corrected chi connectivity index (χ1v) is 4.54. The molecule has 0 saturated heterocycles. The smallest absolute Gasteiger partial charge is 0.335 e. The van der Waals surface area contributed by atoms with Crippen molar-refractivity contribution in [2.45, 2.75) is 12.5 Å². The predicted octanol–water partition coefficient (Wildman–Crippen LogP) is 0.671. The summed E-state index contributed by atoms with van der Waals surface area (Å²) in [6, 6.07) is 5.93. The van der Waals surface area contributed by atoms with Gasteiger partial charge in [-0.15, -0.1) is 0 Å². The van der Waals surface area contributed by atoms with Crippen molar-refractivity contribution >= 4 is 11.7 Å². The molecule has 1 atom stereocenters. The maximum Gasteiger partial charge on any atom is 0.335 e. The van der Waals surface area contributed by atoms with Crippen LogP contribution in [0, 0.1) is 10.1 Å². The van der Waals surface area contributed by atoms with Crippen LogP contribution in [0.2, 0.25) is 0 Å². The van der Waals surface area contributed by atoms with E-state index >= 15 is 0 Å². The SMILES string of the molecule is COC(=O)C(O)Cc1ccccc1[N+](=O)[O-]. The zero-order valence-corrected chi connectivity index (χ0v) is 8.62. The van der Waals surface area contributed by atoms with Crippen LogP contribution in [0.25, 0.3) is 0 Å². The molecule has 0 aromatic heterocycles. The van der Waals surface area contributed by atoms with Crippen molar-refractivity contribution in [2.24, 2.45) is 0 Å². The van der Waals surface area contributed by atoms with Crippen LogP contribution in [0.1, 0.15) is 5.56 Å². The molecular weight excluding hydrogens is 214 g/mol. The number of carbonyl (C=O) groups is 1. The van der Waals surface area contributed by atoms with Crippen molar-refractivity contribution in [1.29, 1.82) is 0 Å². The third-order valence-electron chi connectivity index (χ3n) is 2.07. The lowest BCUT2D eigenvalue weighted by atomic mass is 10.1. The summed E-state index contributed by atoms with van der Waals surface area (Å²) < 4.78 is 4.33. The van der Waals surface area contributed by atoms with E-state index in [0.717, 1.165) is 7.11 Å². The summed E-state index contributed by atoms with van der Waals surface area (Å²) in [6.45, 7) is 0. The fourth-order valence-electron chi connectivity index (χ4n) is 1.29. The highest BCUT2D eigenvalue weighted by Crippen LogP contribution is 2.19. The van der Waals surface area contributed by atoms with Gasteiger partial charge in [-0.05, 0) is 0 Å². The van der Waals surface area contributed by atoms with Crippen molar-refractivity contribution < 1.29 is 19.6 Å². The fourth-order valence-corrected chi connectivity index (χ4v) is 1.29. The summed E-state index contributed by atoms with van der Waals surface area (Å²) in [5.41, 5.74) is 0.177. The third-order valence-corrected chi connectivity index (χ3v) is 2.07. The molecule has 0 amide bonds. The molecule has 6 heteroatoms. The number of carbonyl (C=O) groups excluding carboxylic acids is 1. The molecule has 6 nitrogen and oxygen atoms in total. The minimum atomic E-state index is -1.38. The van der Waals surface area contributed by atoms with Crippen molar-refractivity contribution in [3.8, 4) is 0 Å². The fraction of sp³-hybridized carbons (Fsp3) is 0.300. The van der Waals surface area contributed by atoms with E-state index in [1.54, 1.807) is 6.07 Å². The van der Waals surface area contributed by atoms with Gasteiger partial charge < -0.3 is 9.84 Å². The molecule has 0 saturated carbocycles. The first-order valence-electron chi connectivity index (χ1n) is 4.54. The Morgan fingerprint density at radius 3 is 2.75 bits per heavy atom. The van der Waals surface area contributed by atoms with Gasteiger partial charge in [0.25, 0.3) is 5.69 Å². The highest BCUT2D eigenvalue weighted by molar-refractivity contribution is 5.74. The molecule has 0 radical (unpaired) electrons. The molecule has 0 bridgehead atoms. The number of hydrogen-bond acceptors (Lipinski definition) is 5. The van der Waals surface area contributed by atoms with Crippen LogP contribution >= 0.6 is 0 Å². The average molecular weight is 225 g/mol. The Balaban J connectivity index is 2.88. The van der Waals surface area contributed by atoms with Crippen molar-refractivity contribution in [3.63, 3.8) is 0 Å². The number of aliphatic hydroxyl groups excluding tert-OH is 1. The quantitative estimate of drug-likeness (QED) is 0.462. The van der Waals surface area contributed by atoms with E-state index in [4.69, 9.17) is 0 Å². The van der Waals surface area contributed by atoms with Crippen LogP contribution in [-0.2, 0) is 16.0 Å².